The third-order valence-electron chi connectivity index (χ3n) is 2.32. The molecular formula is C12H12ClN3O2. The number of aryl methyl sites for hydroxylation is 1. The minimum atomic E-state index is -0.479. The summed E-state index contributed by atoms with van der Waals surface area (Å²) in [7, 11) is 1.65. The van der Waals surface area contributed by atoms with Crippen molar-refractivity contribution in [2.75, 3.05) is 6.61 Å². The van der Waals surface area contributed by atoms with Gasteiger partial charge in [0.1, 0.15) is 0 Å². The monoisotopic (exact) mass is 265 g/mol. The molecule has 6 heteroatoms. The van der Waals surface area contributed by atoms with Gasteiger partial charge in [0, 0.05) is 17.6 Å². The molecule has 5 nitrogen and oxygen atoms in total. The molecule has 1 heterocycles. The molecule has 1 aromatic carbocycles. The number of esters is 1. The lowest BCUT2D eigenvalue weighted by atomic mass is 10.2. The van der Waals surface area contributed by atoms with Crippen LogP contribution in [0, 0.1) is 0 Å². The van der Waals surface area contributed by atoms with E-state index in [9.17, 15) is 4.79 Å². The molecule has 0 aliphatic carbocycles. The molecule has 18 heavy (non-hydrogen) atoms. The van der Waals surface area contributed by atoms with E-state index in [0.29, 0.717) is 17.5 Å². The Balaban J connectivity index is 2.34. The second-order valence-corrected chi connectivity index (χ2v) is 4.05. The van der Waals surface area contributed by atoms with E-state index in [1.165, 1.54) is 4.68 Å². The molecule has 0 saturated carbocycles. The van der Waals surface area contributed by atoms with Crippen LogP contribution < -0.4 is 0 Å². The van der Waals surface area contributed by atoms with Gasteiger partial charge in [0.25, 0.3) is 0 Å². The van der Waals surface area contributed by atoms with Crippen molar-refractivity contribution in [3.05, 3.63) is 35.1 Å². The maximum absolute atomic E-state index is 11.6. The first kappa shape index (κ1) is 12.6. The van der Waals surface area contributed by atoms with Crippen LogP contribution in [0.2, 0.25) is 5.02 Å². The number of carbonyl (C=O) groups excluding carboxylic acids is 1. The number of hydrogen-bond donors (Lipinski definition) is 0. The standard InChI is InChI=1S/C12H12ClN3O2/c1-3-18-12(17)11-14-10(15-16(11)2)8-4-6-9(13)7-5-8/h4-7H,3H2,1-2H3. The Hall–Kier alpha value is -1.88. The zero-order valence-electron chi connectivity index (χ0n) is 10.1. The molecule has 2 rings (SSSR count). The summed E-state index contributed by atoms with van der Waals surface area (Å²) in [6, 6.07) is 7.09. The van der Waals surface area contributed by atoms with Crippen LogP contribution in [-0.2, 0) is 11.8 Å². The van der Waals surface area contributed by atoms with Crippen LogP contribution >= 0.6 is 11.6 Å². The Bertz CT molecular complexity index is 563. The lowest BCUT2D eigenvalue weighted by molar-refractivity contribution is 0.0506. The number of hydrogen-bond acceptors (Lipinski definition) is 4. The number of halogens is 1. The molecule has 0 N–H and O–H groups in total. The fourth-order valence-electron chi connectivity index (χ4n) is 1.48. The molecule has 0 spiro atoms. The Kier molecular flexibility index (Phi) is 3.62. The fourth-order valence-corrected chi connectivity index (χ4v) is 1.61. The van der Waals surface area contributed by atoms with Gasteiger partial charge >= 0.3 is 5.97 Å². The number of benzene rings is 1. The zero-order valence-corrected chi connectivity index (χ0v) is 10.8. The van der Waals surface area contributed by atoms with Gasteiger partial charge in [-0.25, -0.2) is 14.5 Å². The van der Waals surface area contributed by atoms with Crippen LogP contribution in [-0.4, -0.2) is 27.3 Å². The van der Waals surface area contributed by atoms with Crippen molar-refractivity contribution >= 4 is 17.6 Å². The van der Waals surface area contributed by atoms with E-state index in [1.54, 1.807) is 38.2 Å². The molecular weight excluding hydrogens is 254 g/mol. The van der Waals surface area contributed by atoms with E-state index in [4.69, 9.17) is 16.3 Å². The smallest absolute Gasteiger partial charge is 0.376 e. The lowest BCUT2D eigenvalue weighted by Crippen LogP contribution is -2.11. The first-order valence-corrected chi connectivity index (χ1v) is 5.83. The summed E-state index contributed by atoms with van der Waals surface area (Å²) in [5.74, 6) is 0.173. The maximum Gasteiger partial charge on any atom is 0.376 e. The van der Waals surface area contributed by atoms with Crippen LogP contribution in [0.15, 0.2) is 24.3 Å². The van der Waals surface area contributed by atoms with Crippen molar-refractivity contribution in [3.63, 3.8) is 0 Å². The van der Waals surface area contributed by atoms with E-state index < -0.39 is 5.97 Å². The van der Waals surface area contributed by atoms with Crippen LogP contribution in [0.25, 0.3) is 11.4 Å². The summed E-state index contributed by atoms with van der Waals surface area (Å²) in [6.45, 7) is 2.05. The fraction of sp³-hybridized carbons (Fsp3) is 0.250. The number of ether oxygens (including phenoxy) is 1. The second-order valence-electron chi connectivity index (χ2n) is 3.61. The summed E-state index contributed by atoms with van der Waals surface area (Å²) in [6.07, 6.45) is 0. The third-order valence-corrected chi connectivity index (χ3v) is 2.58. The van der Waals surface area contributed by atoms with Gasteiger partial charge in [-0.2, -0.15) is 5.10 Å². The normalized spacial score (nSPS) is 10.4. The highest BCUT2D eigenvalue weighted by Gasteiger charge is 2.17. The minimum absolute atomic E-state index is 0.182. The Morgan fingerprint density at radius 2 is 2.06 bits per heavy atom. The van der Waals surface area contributed by atoms with Crippen LogP contribution in [0.3, 0.4) is 0 Å². The van der Waals surface area contributed by atoms with Crippen molar-refractivity contribution in [3.8, 4) is 11.4 Å². The van der Waals surface area contributed by atoms with Crippen LogP contribution in [0.1, 0.15) is 17.5 Å². The summed E-state index contributed by atoms with van der Waals surface area (Å²) in [5, 5.41) is 4.81. The van der Waals surface area contributed by atoms with Gasteiger partial charge in [-0.3, -0.25) is 0 Å². The minimum Gasteiger partial charge on any atom is -0.460 e. The largest absolute Gasteiger partial charge is 0.460 e. The van der Waals surface area contributed by atoms with Gasteiger partial charge in [-0.15, -0.1) is 0 Å². The van der Waals surface area contributed by atoms with Crippen LogP contribution in [0.5, 0.6) is 0 Å². The quantitative estimate of drug-likeness (QED) is 0.799. The second kappa shape index (κ2) is 5.18. The highest BCUT2D eigenvalue weighted by molar-refractivity contribution is 6.30. The molecule has 2 aromatic rings. The van der Waals surface area contributed by atoms with Gasteiger partial charge in [0.2, 0.25) is 5.82 Å². The van der Waals surface area contributed by atoms with E-state index >= 15 is 0 Å². The summed E-state index contributed by atoms with van der Waals surface area (Å²) >= 11 is 5.81. The Morgan fingerprint density at radius 3 is 2.67 bits per heavy atom. The first-order valence-electron chi connectivity index (χ1n) is 5.46. The summed E-state index contributed by atoms with van der Waals surface area (Å²) < 4.78 is 6.30. The summed E-state index contributed by atoms with van der Waals surface area (Å²) in [5.41, 5.74) is 0.797. The number of nitrogens with zero attached hydrogens (tertiary/aromatic N) is 3. The molecule has 0 unspecified atom stereocenters. The molecule has 0 bridgehead atoms. The molecule has 0 aliphatic heterocycles. The van der Waals surface area contributed by atoms with Crippen molar-refractivity contribution in [1.29, 1.82) is 0 Å². The molecule has 0 amide bonds. The molecule has 0 aliphatic rings. The highest BCUT2D eigenvalue weighted by atomic mass is 35.5. The van der Waals surface area contributed by atoms with Crippen molar-refractivity contribution in [2.24, 2.45) is 7.05 Å². The van der Waals surface area contributed by atoms with E-state index in [-0.39, 0.29) is 5.82 Å². The van der Waals surface area contributed by atoms with Gasteiger partial charge in [-0.05, 0) is 31.2 Å². The molecule has 94 valence electrons. The Labute approximate surface area is 109 Å². The number of carbonyl (C=O) groups is 1. The topological polar surface area (TPSA) is 57.0 Å². The summed E-state index contributed by atoms with van der Waals surface area (Å²) in [4.78, 5) is 15.8. The first-order chi connectivity index (χ1) is 8.61. The molecule has 0 saturated heterocycles. The van der Waals surface area contributed by atoms with Crippen molar-refractivity contribution < 1.29 is 9.53 Å². The number of aromatic nitrogens is 3. The molecule has 0 radical (unpaired) electrons. The van der Waals surface area contributed by atoms with Gasteiger partial charge in [0.15, 0.2) is 5.82 Å². The molecule has 1 aromatic heterocycles. The van der Waals surface area contributed by atoms with Crippen molar-refractivity contribution in [2.45, 2.75) is 6.92 Å². The maximum atomic E-state index is 11.6. The van der Waals surface area contributed by atoms with E-state index in [2.05, 4.69) is 10.1 Å². The van der Waals surface area contributed by atoms with E-state index in [1.807, 2.05) is 0 Å². The number of rotatable bonds is 3. The Morgan fingerprint density at radius 1 is 1.39 bits per heavy atom. The lowest BCUT2D eigenvalue weighted by Gasteiger charge is -1.98. The van der Waals surface area contributed by atoms with E-state index in [0.717, 1.165) is 5.56 Å². The SMILES string of the molecule is CCOC(=O)c1nc(-c2ccc(Cl)cc2)nn1C. The van der Waals surface area contributed by atoms with Gasteiger partial charge in [0.05, 0.1) is 6.61 Å². The third kappa shape index (κ3) is 2.51. The zero-order chi connectivity index (χ0) is 13.1. The highest BCUT2D eigenvalue weighted by Crippen LogP contribution is 2.18. The average molecular weight is 266 g/mol. The predicted octanol–water partition coefficient (Wildman–Crippen LogP) is 2.31. The van der Waals surface area contributed by atoms with Gasteiger partial charge < -0.3 is 4.74 Å². The van der Waals surface area contributed by atoms with Gasteiger partial charge in [-0.1, -0.05) is 11.6 Å². The molecule has 0 atom stereocenters. The molecule has 0 fully saturated rings. The van der Waals surface area contributed by atoms with Crippen molar-refractivity contribution in [1.82, 2.24) is 14.8 Å². The van der Waals surface area contributed by atoms with Crippen LogP contribution in [0.4, 0.5) is 0 Å². The predicted molar refractivity (Wildman–Crippen MR) is 67.4 cm³/mol. The average Bonchev–Trinajstić information content (AvgIpc) is 2.72.